The van der Waals surface area contributed by atoms with Gasteiger partial charge in [-0.05, 0) is 39.3 Å². The lowest BCUT2D eigenvalue weighted by Crippen LogP contribution is -2.50. The van der Waals surface area contributed by atoms with Gasteiger partial charge < -0.3 is 15.0 Å². The number of likely N-dealkylation sites (tertiary alicyclic amines) is 1. The van der Waals surface area contributed by atoms with Crippen molar-refractivity contribution < 1.29 is 19.1 Å². The Morgan fingerprint density at radius 3 is 2.65 bits per heavy atom. The van der Waals surface area contributed by atoms with E-state index in [0.29, 0.717) is 30.7 Å². The maximum absolute atomic E-state index is 12.6. The average Bonchev–Trinajstić information content (AvgIpc) is 2.73. The van der Waals surface area contributed by atoms with Crippen LogP contribution < -0.4 is 10.1 Å². The molecule has 1 saturated heterocycles. The number of fused-ring (bicyclic) bond motifs is 1. The predicted octanol–water partition coefficient (Wildman–Crippen LogP) is 2.32. The van der Waals surface area contributed by atoms with E-state index in [1.54, 1.807) is 24.0 Å². The van der Waals surface area contributed by atoms with Gasteiger partial charge in [0.1, 0.15) is 17.4 Å². The summed E-state index contributed by atoms with van der Waals surface area (Å²) in [6, 6.07) is 6.73. The molecule has 1 aromatic carbocycles. The van der Waals surface area contributed by atoms with E-state index in [2.05, 4.69) is 5.32 Å². The van der Waals surface area contributed by atoms with Gasteiger partial charge in [-0.3, -0.25) is 14.4 Å². The van der Waals surface area contributed by atoms with Crippen LogP contribution in [0.1, 0.15) is 56.8 Å². The van der Waals surface area contributed by atoms with E-state index in [9.17, 15) is 14.4 Å². The third-order valence-electron chi connectivity index (χ3n) is 5.20. The molecule has 1 aromatic rings. The van der Waals surface area contributed by atoms with Gasteiger partial charge in [0.2, 0.25) is 11.8 Å². The van der Waals surface area contributed by atoms with Crippen molar-refractivity contribution in [1.29, 1.82) is 0 Å². The quantitative estimate of drug-likeness (QED) is 0.900. The maximum Gasteiger partial charge on any atom is 0.242 e. The van der Waals surface area contributed by atoms with Gasteiger partial charge in [0.05, 0.1) is 12.0 Å². The first-order valence-corrected chi connectivity index (χ1v) is 9.22. The normalized spacial score (nSPS) is 24.1. The van der Waals surface area contributed by atoms with Crippen LogP contribution in [0.2, 0.25) is 0 Å². The molecule has 2 aliphatic rings. The Morgan fingerprint density at radius 2 is 1.92 bits per heavy atom. The van der Waals surface area contributed by atoms with Gasteiger partial charge in [-0.2, -0.15) is 0 Å². The summed E-state index contributed by atoms with van der Waals surface area (Å²) in [4.78, 5) is 39.1. The molecular weight excluding hydrogens is 332 g/mol. The molecule has 3 rings (SSSR count). The Bertz CT molecular complexity index is 730. The van der Waals surface area contributed by atoms with Crippen LogP contribution in [0.5, 0.6) is 5.75 Å². The zero-order chi connectivity index (χ0) is 18.9. The first-order chi connectivity index (χ1) is 12.3. The highest BCUT2D eigenvalue weighted by atomic mass is 16.5. The second-order valence-electron chi connectivity index (χ2n) is 7.56. The Hall–Kier alpha value is -2.37. The summed E-state index contributed by atoms with van der Waals surface area (Å²) in [5.41, 5.74) is -0.0559. The highest BCUT2D eigenvalue weighted by molar-refractivity contribution is 6.00. The molecule has 6 heteroatoms. The third-order valence-corrected chi connectivity index (χ3v) is 5.20. The van der Waals surface area contributed by atoms with Gasteiger partial charge in [0.25, 0.3) is 0 Å². The van der Waals surface area contributed by atoms with Crippen molar-refractivity contribution in [2.24, 2.45) is 0 Å². The molecule has 0 saturated carbocycles. The largest absolute Gasteiger partial charge is 0.486 e. The maximum atomic E-state index is 12.6. The van der Waals surface area contributed by atoms with Crippen molar-refractivity contribution in [3.8, 4) is 5.75 Å². The molecule has 6 nitrogen and oxygen atoms in total. The van der Waals surface area contributed by atoms with Gasteiger partial charge in [-0.25, -0.2) is 0 Å². The lowest BCUT2D eigenvalue weighted by molar-refractivity contribution is -0.139. The highest BCUT2D eigenvalue weighted by Crippen LogP contribution is 2.39. The van der Waals surface area contributed by atoms with Crippen LogP contribution in [0.4, 0.5) is 0 Å². The number of nitrogens with one attached hydrogen (secondary N) is 1. The second kappa shape index (κ2) is 7.09. The van der Waals surface area contributed by atoms with Crippen molar-refractivity contribution in [2.45, 2.75) is 64.1 Å². The van der Waals surface area contributed by atoms with E-state index >= 15 is 0 Å². The fourth-order valence-corrected chi connectivity index (χ4v) is 3.73. The van der Waals surface area contributed by atoms with Crippen LogP contribution in [0, 0.1) is 0 Å². The van der Waals surface area contributed by atoms with Crippen LogP contribution in [-0.2, 0) is 9.59 Å². The molecule has 0 aromatic heterocycles. The van der Waals surface area contributed by atoms with E-state index in [1.807, 2.05) is 26.0 Å². The molecule has 2 aliphatic heterocycles. The number of rotatable bonds is 3. The van der Waals surface area contributed by atoms with Crippen LogP contribution in [0.3, 0.4) is 0 Å². The molecule has 2 amide bonds. The minimum absolute atomic E-state index is 0.0224. The summed E-state index contributed by atoms with van der Waals surface area (Å²) in [6.07, 6.45) is 1.57. The van der Waals surface area contributed by atoms with Crippen molar-refractivity contribution in [2.75, 3.05) is 6.54 Å². The molecule has 26 heavy (non-hydrogen) atoms. The fraction of sp³-hybridized carbons (Fsp3) is 0.550. The van der Waals surface area contributed by atoms with Crippen LogP contribution >= 0.6 is 0 Å². The van der Waals surface area contributed by atoms with Crippen LogP contribution in [0.25, 0.3) is 0 Å². The van der Waals surface area contributed by atoms with Crippen molar-refractivity contribution in [3.63, 3.8) is 0 Å². The van der Waals surface area contributed by atoms with Gasteiger partial charge in [0.15, 0.2) is 5.78 Å². The molecule has 140 valence electrons. The monoisotopic (exact) mass is 358 g/mol. The molecule has 1 N–H and O–H groups in total. The van der Waals surface area contributed by atoms with Gasteiger partial charge in [-0.1, -0.05) is 12.1 Å². The van der Waals surface area contributed by atoms with Crippen molar-refractivity contribution in [1.82, 2.24) is 10.2 Å². The Labute approximate surface area is 153 Å². The van der Waals surface area contributed by atoms with Crippen LogP contribution in [0.15, 0.2) is 24.3 Å². The Balaban J connectivity index is 1.76. The number of hydrogen-bond acceptors (Lipinski definition) is 4. The summed E-state index contributed by atoms with van der Waals surface area (Å²) in [5.74, 6) is 0.423. The minimum atomic E-state index is -0.663. The van der Waals surface area contributed by atoms with Crippen LogP contribution in [-0.4, -0.2) is 46.7 Å². The van der Waals surface area contributed by atoms with E-state index in [-0.39, 0.29) is 36.5 Å². The summed E-state index contributed by atoms with van der Waals surface area (Å²) in [5, 5.41) is 2.85. The van der Waals surface area contributed by atoms with Crippen molar-refractivity contribution >= 4 is 17.6 Å². The summed E-state index contributed by atoms with van der Waals surface area (Å²) < 4.78 is 6.21. The topological polar surface area (TPSA) is 75.7 Å². The van der Waals surface area contributed by atoms with E-state index in [0.717, 1.165) is 0 Å². The lowest BCUT2D eigenvalue weighted by atomic mass is 9.84. The molecule has 1 fully saturated rings. The van der Waals surface area contributed by atoms with Gasteiger partial charge in [-0.15, -0.1) is 0 Å². The smallest absolute Gasteiger partial charge is 0.242 e. The number of ether oxygens (including phenoxy) is 1. The van der Waals surface area contributed by atoms with E-state index < -0.39 is 11.6 Å². The van der Waals surface area contributed by atoms with E-state index in [4.69, 9.17) is 4.74 Å². The molecule has 2 heterocycles. The lowest BCUT2D eigenvalue weighted by Gasteiger charge is -2.37. The highest BCUT2D eigenvalue weighted by Gasteiger charge is 2.44. The fourth-order valence-electron chi connectivity index (χ4n) is 3.73. The molecule has 1 spiro atoms. The Kier molecular flexibility index (Phi) is 5.03. The number of para-hydroxylation sites is 1. The summed E-state index contributed by atoms with van der Waals surface area (Å²) in [7, 11) is 0. The number of benzene rings is 1. The molecular formula is C20H26N2O4. The third kappa shape index (κ3) is 3.59. The number of carbonyl (C=O) groups is 3. The first-order valence-electron chi connectivity index (χ1n) is 9.22. The zero-order valence-corrected chi connectivity index (χ0v) is 15.6. The van der Waals surface area contributed by atoms with Gasteiger partial charge >= 0.3 is 0 Å². The molecule has 2 atom stereocenters. The molecule has 0 aliphatic carbocycles. The summed E-state index contributed by atoms with van der Waals surface area (Å²) >= 11 is 0. The molecule has 0 radical (unpaired) electrons. The Morgan fingerprint density at radius 1 is 1.19 bits per heavy atom. The SMILES string of the molecule is CC(C)NC(=O)[C@@H](C)N1CC[C@]2(CCC1=O)CC(=O)c1ccccc1O2. The number of hydrogen-bond donors (Lipinski definition) is 1. The molecule has 0 bridgehead atoms. The van der Waals surface area contributed by atoms with Crippen molar-refractivity contribution in [3.05, 3.63) is 29.8 Å². The number of Topliss-reactive ketones (excluding diaryl/α,β-unsaturated/α-hetero) is 1. The second-order valence-corrected chi connectivity index (χ2v) is 7.56. The standard InChI is InChI=1S/C20H26N2O4/c1-13(2)21-19(25)14(3)22-11-10-20(9-8-18(22)24)12-16(23)15-6-4-5-7-17(15)26-20/h4-7,13-14H,8-12H2,1-3H3,(H,21,25)/t14-,20-/m1/s1. The first kappa shape index (κ1) is 18.4. The zero-order valence-electron chi connectivity index (χ0n) is 15.6. The number of carbonyl (C=O) groups excluding carboxylic acids is 3. The number of ketones is 1. The minimum Gasteiger partial charge on any atom is -0.486 e. The predicted molar refractivity (Wildman–Crippen MR) is 97.1 cm³/mol. The number of nitrogens with zero attached hydrogens (tertiary/aromatic N) is 1. The molecule has 0 unspecified atom stereocenters. The summed E-state index contributed by atoms with van der Waals surface area (Å²) in [6.45, 7) is 5.93. The average molecular weight is 358 g/mol. The van der Waals surface area contributed by atoms with Gasteiger partial charge in [0, 0.05) is 25.4 Å². The van der Waals surface area contributed by atoms with E-state index in [1.165, 1.54) is 0 Å². The number of amides is 2.